The van der Waals surface area contributed by atoms with Gasteiger partial charge < -0.3 is 14.5 Å². The molecule has 1 saturated heterocycles. The zero-order chi connectivity index (χ0) is 13.5. The Balaban J connectivity index is 1.52. The van der Waals surface area contributed by atoms with Crippen molar-refractivity contribution in [1.29, 1.82) is 0 Å². The first-order chi connectivity index (χ1) is 9.83. The van der Waals surface area contributed by atoms with E-state index < -0.39 is 0 Å². The fourth-order valence-electron chi connectivity index (χ4n) is 3.47. The van der Waals surface area contributed by atoms with E-state index in [0.717, 1.165) is 32.5 Å². The summed E-state index contributed by atoms with van der Waals surface area (Å²) in [7, 11) is 0. The average Bonchev–Trinajstić information content (AvgIpc) is 3.07. The number of ether oxygens (including phenoxy) is 1. The quantitative estimate of drug-likeness (QED) is 0.699. The summed E-state index contributed by atoms with van der Waals surface area (Å²) < 4.78 is 7.43. The first-order valence-electron chi connectivity index (χ1n) is 7.52. The number of aromatic nitrogens is 2. The highest BCUT2D eigenvalue weighted by Crippen LogP contribution is 2.28. The van der Waals surface area contributed by atoms with E-state index >= 15 is 0 Å². The lowest BCUT2D eigenvalue weighted by molar-refractivity contribution is 0.0407. The zero-order valence-electron chi connectivity index (χ0n) is 11.7. The summed E-state index contributed by atoms with van der Waals surface area (Å²) in [5.41, 5.74) is 3.94. The first kappa shape index (κ1) is 12.2. The van der Waals surface area contributed by atoms with E-state index in [1.165, 1.54) is 23.4 Å². The standard InChI is InChI=1S/C14H20N4O2/c19-14(16-6-8-20-9-7-16)17-4-5-18-13(10-17)11-2-1-3-12(11)15-18/h1-10H2. The normalized spacial score (nSPS) is 21.8. The fourth-order valence-corrected chi connectivity index (χ4v) is 3.47. The Hall–Kier alpha value is -1.56. The zero-order valence-corrected chi connectivity index (χ0v) is 11.7. The number of aryl methyl sites for hydroxylation is 1. The summed E-state index contributed by atoms with van der Waals surface area (Å²) in [4.78, 5) is 16.4. The Kier molecular flexibility index (Phi) is 2.91. The number of urea groups is 1. The third kappa shape index (κ3) is 1.90. The molecular weight excluding hydrogens is 256 g/mol. The summed E-state index contributed by atoms with van der Waals surface area (Å²) in [5.74, 6) is 0. The van der Waals surface area contributed by atoms with Gasteiger partial charge in [-0.1, -0.05) is 0 Å². The molecule has 1 aliphatic carbocycles. The van der Waals surface area contributed by atoms with Crippen LogP contribution in [0.15, 0.2) is 0 Å². The Labute approximate surface area is 118 Å². The fraction of sp³-hybridized carbons (Fsp3) is 0.714. The van der Waals surface area contributed by atoms with Crippen LogP contribution in [-0.4, -0.2) is 58.5 Å². The molecule has 1 aromatic heterocycles. The van der Waals surface area contributed by atoms with Gasteiger partial charge in [0.05, 0.1) is 37.7 Å². The molecule has 3 aliphatic rings. The molecule has 20 heavy (non-hydrogen) atoms. The maximum atomic E-state index is 12.6. The van der Waals surface area contributed by atoms with E-state index in [2.05, 4.69) is 9.78 Å². The van der Waals surface area contributed by atoms with E-state index in [1.807, 2.05) is 9.80 Å². The Morgan fingerprint density at radius 3 is 2.75 bits per heavy atom. The molecule has 6 nitrogen and oxygen atoms in total. The molecule has 6 heteroatoms. The van der Waals surface area contributed by atoms with E-state index in [0.29, 0.717) is 26.3 Å². The minimum absolute atomic E-state index is 0.160. The number of carbonyl (C=O) groups excluding carboxylic acids is 1. The molecule has 2 aliphatic heterocycles. The summed E-state index contributed by atoms with van der Waals surface area (Å²) in [6.45, 7) is 5.07. The van der Waals surface area contributed by atoms with Crippen molar-refractivity contribution in [3.8, 4) is 0 Å². The molecule has 0 aromatic carbocycles. The second-order valence-corrected chi connectivity index (χ2v) is 5.75. The minimum Gasteiger partial charge on any atom is -0.378 e. The average molecular weight is 276 g/mol. The summed E-state index contributed by atoms with van der Waals surface area (Å²) in [6.07, 6.45) is 3.44. The molecule has 4 rings (SSSR count). The lowest BCUT2D eigenvalue weighted by atomic mass is 10.1. The molecule has 1 aromatic rings. The molecular formula is C14H20N4O2. The lowest BCUT2D eigenvalue weighted by Crippen LogP contribution is -2.50. The van der Waals surface area contributed by atoms with Gasteiger partial charge in [0.25, 0.3) is 0 Å². The van der Waals surface area contributed by atoms with Crippen LogP contribution in [0.1, 0.15) is 23.4 Å². The van der Waals surface area contributed by atoms with Crippen molar-refractivity contribution < 1.29 is 9.53 Å². The predicted molar refractivity (Wildman–Crippen MR) is 72.5 cm³/mol. The molecule has 0 spiro atoms. The van der Waals surface area contributed by atoms with Crippen molar-refractivity contribution in [2.45, 2.75) is 32.4 Å². The largest absolute Gasteiger partial charge is 0.378 e. The van der Waals surface area contributed by atoms with Gasteiger partial charge in [0.2, 0.25) is 0 Å². The molecule has 0 radical (unpaired) electrons. The van der Waals surface area contributed by atoms with E-state index in [9.17, 15) is 4.79 Å². The second-order valence-electron chi connectivity index (χ2n) is 5.75. The lowest BCUT2D eigenvalue weighted by Gasteiger charge is -2.35. The number of fused-ring (bicyclic) bond motifs is 3. The molecule has 0 bridgehead atoms. The van der Waals surface area contributed by atoms with Gasteiger partial charge in [0, 0.05) is 19.6 Å². The molecule has 0 atom stereocenters. The van der Waals surface area contributed by atoms with Crippen molar-refractivity contribution in [3.63, 3.8) is 0 Å². The Morgan fingerprint density at radius 1 is 1.05 bits per heavy atom. The minimum atomic E-state index is 0.160. The van der Waals surface area contributed by atoms with Gasteiger partial charge in [0.15, 0.2) is 0 Å². The van der Waals surface area contributed by atoms with E-state index in [1.54, 1.807) is 0 Å². The van der Waals surface area contributed by atoms with Crippen molar-refractivity contribution in [2.75, 3.05) is 32.8 Å². The second kappa shape index (κ2) is 4.77. The first-order valence-corrected chi connectivity index (χ1v) is 7.52. The number of nitrogens with zero attached hydrogens (tertiary/aromatic N) is 4. The molecule has 0 N–H and O–H groups in total. The van der Waals surface area contributed by atoms with Crippen LogP contribution in [0, 0.1) is 0 Å². The van der Waals surface area contributed by atoms with Gasteiger partial charge >= 0.3 is 6.03 Å². The van der Waals surface area contributed by atoms with Crippen LogP contribution >= 0.6 is 0 Å². The van der Waals surface area contributed by atoms with Crippen LogP contribution < -0.4 is 0 Å². The van der Waals surface area contributed by atoms with E-state index in [-0.39, 0.29) is 6.03 Å². The monoisotopic (exact) mass is 276 g/mol. The maximum absolute atomic E-state index is 12.6. The van der Waals surface area contributed by atoms with Gasteiger partial charge in [-0.2, -0.15) is 5.10 Å². The van der Waals surface area contributed by atoms with Crippen LogP contribution in [0.4, 0.5) is 4.79 Å². The Bertz CT molecular complexity index is 534. The van der Waals surface area contributed by atoms with Crippen LogP contribution in [0.25, 0.3) is 0 Å². The Morgan fingerprint density at radius 2 is 1.90 bits per heavy atom. The molecule has 108 valence electrons. The van der Waals surface area contributed by atoms with Crippen LogP contribution in [0.2, 0.25) is 0 Å². The van der Waals surface area contributed by atoms with Gasteiger partial charge in [-0.05, 0) is 24.8 Å². The molecule has 0 saturated carbocycles. The topological polar surface area (TPSA) is 50.6 Å². The van der Waals surface area contributed by atoms with Gasteiger partial charge in [0.1, 0.15) is 0 Å². The van der Waals surface area contributed by atoms with Crippen LogP contribution in [0.5, 0.6) is 0 Å². The molecule has 3 heterocycles. The number of hydrogen-bond acceptors (Lipinski definition) is 3. The summed E-state index contributed by atoms with van der Waals surface area (Å²) in [6, 6.07) is 0.160. The highest BCUT2D eigenvalue weighted by atomic mass is 16.5. The summed E-state index contributed by atoms with van der Waals surface area (Å²) >= 11 is 0. The molecule has 0 unspecified atom stereocenters. The van der Waals surface area contributed by atoms with Gasteiger partial charge in [-0.15, -0.1) is 0 Å². The predicted octanol–water partition coefficient (Wildman–Crippen LogP) is 0.640. The van der Waals surface area contributed by atoms with Gasteiger partial charge in [-0.25, -0.2) is 4.79 Å². The van der Waals surface area contributed by atoms with Crippen molar-refractivity contribution in [3.05, 3.63) is 17.0 Å². The number of amides is 2. The van der Waals surface area contributed by atoms with Crippen LogP contribution in [0.3, 0.4) is 0 Å². The number of morpholine rings is 1. The third-order valence-electron chi connectivity index (χ3n) is 4.56. The summed E-state index contributed by atoms with van der Waals surface area (Å²) in [5, 5.41) is 4.68. The number of rotatable bonds is 0. The molecule has 2 amide bonds. The number of hydrogen-bond donors (Lipinski definition) is 0. The van der Waals surface area contributed by atoms with E-state index in [4.69, 9.17) is 4.74 Å². The smallest absolute Gasteiger partial charge is 0.320 e. The van der Waals surface area contributed by atoms with Gasteiger partial charge in [-0.3, -0.25) is 4.68 Å². The SMILES string of the molecule is O=C(N1CCOCC1)N1CCn2nc3c(c2C1)CCC3. The van der Waals surface area contributed by atoms with Crippen molar-refractivity contribution in [2.24, 2.45) is 0 Å². The van der Waals surface area contributed by atoms with Crippen molar-refractivity contribution >= 4 is 6.03 Å². The van der Waals surface area contributed by atoms with Crippen molar-refractivity contribution in [1.82, 2.24) is 19.6 Å². The van der Waals surface area contributed by atoms with Crippen LogP contribution in [-0.2, 0) is 30.7 Å². The maximum Gasteiger partial charge on any atom is 0.320 e. The highest BCUT2D eigenvalue weighted by Gasteiger charge is 2.30. The highest BCUT2D eigenvalue weighted by molar-refractivity contribution is 5.74. The molecule has 1 fully saturated rings. The number of carbonyl (C=O) groups is 1. The third-order valence-corrected chi connectivity index (χ3v) is 4.56.